The maximum atomic E-state index is 12.8. The summed E-state index contributed by atoms with van der Waals surface area (Å²) in [5.41, 5.74) is 0.777. The van der Waals surface area contributed by atoms with Gasteiger partial charge in [0.05, 0.1) is 12.2 Å². The summed E-state index contributed by atoms with van der Waals surface area (Å²) in [6.45, 7) is 2.74. The largest absolute Gasteiger partial charge is 0.478 e. The fourth-order valence-corrected chi connectivity index (χ4v) is 4.65. The molecule has 2 aliphatic heterocycles. The van der Waals surface area contributed by atoms with Crippen molar-refractivity contribution < 1.29 is 19.4 Å². The van der Waals surface area contributed by atoms with Crippen LogP contribution in [0.5, 0.6) is 5.88 Å². The van der Waals surface area contributed by atoms with Gasteiger partial charge in [-0.3, -0.25) is 0 Å². The molecule has 1 aromatic carbocycles. The Morgan fingerprint density at radius 1 is 1.17 bits per heavy atom. The van der Waals surface area contributed by atoms with E-state index in [1.807, 2.05) is 48.2 Å². The zero-order chi connectivity index (χ0) is 20.3. The van der Waals surface area contributed by atoms with Crippen LogP contribution in [0, 0.1) is 0 Å². The molecule has 154 valence electrons. The number of hydrogen-bond donors (Lipinski definition) is 1. The smallest absolute Gasteiger partial charge is 0.410 e. The highest BCUT2D eigenvalue weighted by molar-refractivity contribution is 5.69. The summed E-state index contributed by atoms with van der Waals surface area (Å²) in [4.78, 5) is 19.0. The monoisotopic (exact) mass is 396 g/mol. The Kier molecular flexibility index (Phi) is 5.72. The van der Waals surface area contributed by atoms with E-state index in [1.54, 1.807) is 12.3 Å². The Morgan fingerprint density at radius 2 is 1.90 bits per heavy atom. The quantitative estimate of drug-likeness (QED) is 0.826. The lowest BCUT2D eigenvalue weighted by molar-refractivity contribution is -0.0898. The van der Waals surface area contributed by atoms with E-state index < -0.39 is 5.60 Å². The molecule has 2 saturated heterocycles. The van der Waals surface area contributed by atoms with E-state index >= 15 is 0 Å². The van der Waals surface area contributed by atoms with Crippen molar-refractivity contribution in [3.8, 4) is 5.88 Å². The van der Waals surface area contributed by atoms with E-state index in [0.717, 1.165) is 30.4 Å². The molecule has 0 saturated carbocycles. The lowest BCUT2D eigenvalue weighted by Crippen LogP contribution is -2.58. The van der Waals surface area contributed by atoms with Gasteiger partial charge in [-0.05, 0) is 37.8 Å². The van der Waals surface area contributed by atoms with Crippen molar-refractivity contribution in [1.82, 2.24) is 9.88 Å². The van der Waals surface area contributed by atoms with Crippen molar-refractivity contribution in [2.45, 2.75) is 63.3 Å². The Labute approximate surface area is 171 Å². The summed E-state index contributed by atoms with van der Waals surface area (Å²) < 4.78 is 11.0. The van der Waals surface area contributed by atoms with Crippen molar-refractivity contribution in [2.75, 3.05) is 6.61 Å². The second kappa shape index (κ2) is 8.41. The van der Waals surface area contributed by atoms with Crippen molar-refractivity contribution in [2.24, 2.45) is 0 Å². The second-order valence-electron chi connectivity index (χ2n) is 7.94. The number of ether oxygens (including phenoxy) is 2. The number of pyridine rings is 1. The first kappa shape index (κ1) is 19.7. The van der Waals surface area contributed by atoms with Crippen LogP contribution >= 0.6 is 0 Å². The molecule has 2 aromatic rings. The SMILES string of the molecule is CCOc1ccc(C2(O)CC3CCCC(C2)N3C(=O)OCc2ccccc2)cn1. The minimum atomic E-state index is -0.982. The Hall–Kier alpha value is -2.60. The number of nitrogens with zero attached hydrogens (tertiary/aromatic N) is 2. The lowest BCUT2D eigenvalue weighted by Gasteiger charge is -2.51. The maximum Gasteiger partial charge on any atom is 0.410 e. The number of carbonyl (C=O) groups is 1. The molecule has 1 aromatic heterocycles. The zero-order valence-electron chi connectivity index (χ0n) is 16.8. The zero-order valence-corrected chi connectivity index (χ0v) is 16.8. The maximum absolute atomic E-state index is 12.8. The van der Waals surface area contributed by atoms with Gasteiger partial charge in [0.2, 0.25) is 5.88 Å². The molecule has 2 fully saturated rings. The minimum Gasteiger partial charge on any atom is -0.478 e. The minimum absolute atomic E-state index is 0.0256. The van der Waals surface area contributed by atoms with Crippen LogP contribution < -0.4 is 4.74 Å². The molecule has 0 spiro atoms. The van der Waals surface area contributed by atoms with Gasteiger partial charge in [-0.15, -0.1) is 0 Å². The van der Waals surface area contributed by atoms with Crippen molar-refractivity contribution in [3.63, 3.8) is 0 Å². The second-order valence-corrected chi connectivity index (χ2v) is 7.94. The van der Waals surface area contributed by atoms with Gasteiger partial charge in [0, 0.05) is 42.8 Å². The third-order valence-electron chi connectivity index (χ3n) is 5.99. The van der Waals surface area contributed by atoms with E-state index in [1.165, 1.54) is 0 Å². The highest BCUT2D eigenvalue weighted by Crippen LogP contribution is 2.44. The summed E-state index contributed by atoms with van der Waals surface area (Å²) >= 11 is 0. The summed E-state index contributed by atoms with van der Waals surface area (Å²) in [5, 5.41) is 11.4. The van der Waals surface area contributed by atoms with Gasteiger partial charge < -0.3 is 19.5 Å². The molecule has 2 bridgehead atoms. The predicted molar refractivity (Wildman–Crippen MR) is 108 cm³/mol. The first-order valence-corrected chi connectivity index (χ1v) is 10.4. The normalized spacial score (nSPS) is 26.1. The highest BCUT2D eigenvalue weighted by Gasteiger charge is 2.48. The number of benzene rings is 1. The third kappa shape index (κ3) is 4.22. The molecule has 6 nitrogen and oxygen atoms in total. The van der Waals surface area contributed by atoms with Crippen molar-refractivity contribution in [1.29, 1.82) is 0 Å². The van der Waals surface area contributed by atoms with Gasteiger partial charge in [0.1, 0.15) is 6.61 Å². The van der Waals surface area contributed by atoms with Crippen LogP contribution in [0.25, 0.3) is 0 Å². The van der Waals surface area contributed by atoms with Gasteiger partial charge in [0.15, 0.2) is 0 Å². The molecule has 2 atom stereocenters. The number of aromatic nitrogens is 1. The standard InChI is InChI=1S/C23H28N2O4/c1-2-28-21-12-11-18(15-24-21)23(27)13-19-9-6-10-20(14-23)25(19)22(26)29-16-17-7-4-3-5-8-17/h3-5,7-8,11-12,15,19-20,27H,2,6,9-10,13-14,16H2,1H3. The molecule has 1 amide bonds. The van der Waals surface area contributed by atoms with Crippen LogP contribution in [0.2, 0.25) is 0 Å². The summed E-state index contributed by atoms with van der Waals surface area (Å²) in [6.07, 6.45) is 5.24. The highest BCUT2D eigenvalue weighted by atomic mass is 16.6. The van der Waals surface area contributed by atoms with Crippen LogP contribution in [0.1, 0.15) is 50.2 Å². The van der Waals surface area contributed by atoms with Gasteiger partial charge in [0.25, 0.3) is 0 Å². The van der Waals surface area contributed by atoms with Gasteiger partial charge >= 0.3 is 6.09 Å². The number of aliphatic hydroxyl groups is 1. The number of piperidine rings is 2. The van der Waals surface area contributed by atoms with Crippen LogP contribution in [-0.4, -0.2) is 39.8 Å². The van der Waals surface area contributed by atoms with Crippen LogP contribution in [0.3, 0.4) is 0 Å². The van der Waals surface area contributed by atoms with Gasteiger partial charge in [-0.1, -0.05) is 30.3 Å². The van der Waals surface area contributed by atoms with E-state index in [2.05, 4.69) is 4.98 Å². The van der Waals surface area contributed by atoms with Crippen LogP contribution in [0.4, 0.5) is 4.79 Å². The summed E-state index contributed by atoms with van der Waals surface area (Å²) in [7, 11) is 0. The molecule has 2 unspecified atom stereocenters. The molecule has 29 heavy (non-hydrogen) atoms. The van der Waals surface area contributed by atoms with Crippen LogP contribution in [0.15, 0.2) is 48.7 Å². The first-order chi connectivity index (χ1) is 14.1. The molecular formula is C23H28N2O4. The third-order valence-corrected chi connectivity index (χ3v) is 5.99. The lowest BCUT2D eigenvalue weighted by atomic mass is 9.73. The first-order valence-electron chi connectivity index (χ1n) is 10.4. The predicted octanol–water partition coefficient (Wildman–Crippen LogP) is 4.02. The molecule has 1 N–H and O–H groups in total. The topological polar surface area (TPSA) is 71.9 Å². The molecule has 4 rings (SSSR count). The van der Waals surface area contributed by atoms with Gasteiger partial charge in [-0.2, -0.15) is 0 Å². The van der Waals surface area contributed by atoms with Gasteiger partial charge in [-0.25, -0.2) is 9.78 Å². The van der Waals surface area contributed by atoms with Crippen molar-refractivity contribution >= 4 is 6.09 Å². The molecule has 0 aliphatic carbocycles. The van der Waals surface area contributed by atoms with E-state index in [-0.39, 0.29) is 24.8 Å². The number of fused-ring (bicyclic) bond motifs is 2. The van der Waals surface area contributed by atoms with Crippen molar-refractivity contribution in [3.05, 3.63) is 59.8 Å². The number of carbonyl (C=O) groups excluding carboxylic acids is 1. The molecular weight excluding hydrogens is 368 g/mol. The fraction of sp³-hybridized carbons (Fsp3) is 0.478. The summed E-state index contributed by atoms with van der Waals surface area (Å²) in [5.74, 6) is 0.557. The average molecular weight is 396 g/mol. The summed E-state index contributed by atoms with van der Waals surface area (Å²) in [6, 6.07) is 13.3. The number of amides is 1. The molecule has 3 heterocycles. The van der Waals surface area contributed by atoms with E-state index in [9.17, 15) is 9.90 Å². The number of hydrogen-bond acceptors (Lipinski definition) is 5. The molecule has 0 radical (unpaired) electrons. The average Bonchev–Trinajstić information content (AvgIpc) is 2.73. The molecule has 6 heteroatoms. The van der Waals surface area contributed by atoms with E-state index in [0.29, 0.717) is 25.3 Å². The number of rotatable bonds is 5. The van der Waals surface area contributed by atoms with Crippen LogP contribution in [-0.2, 0) is 16.9 Å². The fourth-order valence-electron chi connectivity index (χ4n) is 4.65. The Bertz CT molecular complexity index is 811. The van der Waals surface area contributed by atoms with E-state index in [4.69, 9.17) is 9.47 Å². The Balaban J connectivity index is 1.46. The molecule has 2 aliphatic rings. The Morgan fingerprint density at radius 3 is 2.52 bits per heavy atom.